The van der Waals surface area contributed by atoms with Crippen LogP contribution in [0.25, 0.3) is 0 Å². The highest BCUT2D eigenvalue weighted by atomic mass is 35.5. The molecule has 1 N–H and O–H groups in total. The summed E-state index contributed by atoms with van der Waals surface area (Å²) in [7, 11) is 1.37. The number of halogens is 1. The fourth-order valence-corrected chi connectivity index (χ4v) is 2.19. The molecule has 0 saturated carbocycles. The minimum atomic E-state index is -0.216. The lowest BCUT2D eigenvalue weighted by atomic mass is 10.3. The second kappa shape index (κ2) is 8.82. The van der Waals surface area contributed by atoms with Gasteiger partial charge in [-0.05, 0) is 36.4 Å². The first-order valence-electron chi connectivity index (χ1n) is 5.82. The van der Waals surface area contributed by atoms with Crippen molar-refractivity contribution in [3.63, 3.8) is 0 Å². The number of ether oxygens (including phenoxy) is 1. The number of thioether (sulfide) groups is 1. The van der Waals surface area contributed by atoms with Gasteiger partial charge in [0.25, 0.3) is 0 Å². The lowest BCUT2D eigenvalue weighted by molar-refractivity contribution is -0.140. The topological polar surface area (TPSA) is 55.4 Å². The normalized spacial score (nSPS) is 10.0. The van der Waals surface area contributed by atoms with Crippen molar-refractivity contribution in [1.29, 1.82) is 0 Å². The minimum Gasteiger partial charge on any atom is -0.469 e. The Bertz CT molecular complexity index is 422. The molecule has 6 heteroatoms. The highest BCUT2D eigenvalue weighted by Gasteiger charge is 2.04. The molecular formula is C13H16ClNO3S. The molecule has 0 aliphatic rings. The summed E-state index contributed by atoms with van der Waals surface area (Å²) in [6, 6.07) is 6.95. The largest absolute Gasteiger partial charge is 0.469 e. The molecule has 1 aromatic rings. The van der Waals surface area contributed by atoms with Crippen LogP contribution in [0.15, 0.2) is 24.3 Å². The molecule has 0 spiro atoms. The van der Waals surface area contributed by atoms with Gasteiger partial charge in [-0.2, -0.15) is 11.8 Å². The van der Waals surface area contributed by atoms with Crippen molar-refractivity contribution in [3.05, 3.63) is 29.3 Å². The van der Waals surface area contributed by atoms with E-state index in [1.807, 2.05) is 0 Å². The first kappa shape index (κ1) is 15.9. The molecule has 0 heterocycles. The average molecular weight is 302 g/mol. The fourth-order valence-electron chi connectivity index (χ4n) is 1.32. The Morgan fingerprint density at radius 1 is 1.32 bits per heavy atom. The molecule has 0 aliphatic heterocycles. The zero-order valence-electron chi connectivity index (χ0n) is 10.6. The van der Waals surface area contributed by atoms with E-state index in [4.69, 9.17) is 11.6 Å². The van der Waals surface area contributed by atoms with Crippen LogP contribution in [0.1, 0.15) is 12.8 Å². The van der Waals surface area contributed by atoms with Gasteiger partial charge in [0.1, 0.15) is 0 Å². The number of esters is 1. The van der Waals surface area contributed by atoms with Crippen molar-refractivity contribution in [1.82, 2.24) is 0 Å². The van der Waals surface area contributed by atoms with Crippen molar-refractivity contribution in [2.75, 3.05) is 23.9 Å². The molecule has 4 nitrogen and oxygen atoms in total. The average Bonchev–Trinajstić information content (AvgIpc) is 2.40. The second-order valence-electron chi connectivity index (χ2n) is 3.79. The zero-order valence-corrected chi connectivity index (χ0v) is 12.2. The first-order chi connectivity index (χ1) is 9.11. The van der Waals surface area contributed by atoms with E-state index < -0.39 is 0 Å². The number of carbonyl (C=O) groups is 2. The standard InChI is InChI=1S/C13H16ClNO3S/c1-18-13(17)3-2-8-19-9-12(16)15-11-6-4-10(14)5-7-11/h4-7H,2-3,8-9H2,1H3,(H,15,16). The van der Waals surface area contributed by atoms with Gasteiger partial charge in [0.15, 0.2) is 0 Å². The maximum absolute atomic E-state index is 11.6. The van der Waals surface area contributed by atoms with E-state index in [1.54, 1.807) is 24.3 Å². The molecule has 0 aromatic heterocycles. The molecule has 0 atom stereocenters. The lowest BCUT2D eigenvalue weighted by Gasteiger charge is -2.05. The van der Waals surface area contributed by atoms with Gasteiger partial charge in [0.2, 0.25) is 5.91 Å². The lowest BCUT2D eigenvalue weighted by Crippen LogP contribution is -2.14. The van der Waals surface area contributed by atoms with Gasteiger partial charge >= 0.3 is 5.97 Å². The van der Waals surface area contributed by atoms with Crippen LogP contribution in [0, 0.1) is 0 Å². The Labute approximate surface area is 121 Å². The third-order valence-corrected chi connectivity index (χ3v) is 3.55. The minimum absolute atomic E-state index is 0.0645. The van der Waals surface area contributed by atoms with Crippen LogP contribution >= 0.6 is 23.4 Å². The van der Waals surface area contributed by atoms with Crippen LogP contribution in [0.2, 0.25) is 5.02 Å². The summed E-state index contributed by atoms with van der Waals surface area (Å²) in [6.45, 7) is 0. The predicted octanol–water partition coefficient (Wildman–Crippen LogP) is 2.96. The monoisotopic (exact) mass is 301 g/mol. The number of amides is 1. The van der Waals surface area contributed by atoms with Crippen LogP contribution in [-0.2, 0) is 14.3 Å². The van der Waals surface area contributed by atoms with Crippen molar-refractivity contribution in [2.24, 2.45) is 0 Å². The number of hydrogen-bond acceptors (Lipinski definition) is 4. The SMILES string of the molecule is COC(=O)CCCSCC(=O)Nc1ccc(Cl)cc1. The Kier molecular flexibility index (Phi) is 7.36. The Morgan fingerprint density at radius 2 is 2.00 bits per heavy atom. The quantitative estimate of drug-likeness (QED) is 0.621. The number of nitrogens with one attached hydrogen (secondary N) is 1. The van der Waals surface area contributed by atoms with Crippen LogP contribution in [0.5, 0.6) is 0 Å². The van der Waals surface area contributed by atoms with Crippen molar-refractivity contribution in [2.45, 2.75) is 12.8 Å². The number of carbonyl (C=O) groups excluding carboxylic acids is 2. The van der Waals surface area contributed by atoms with Crippen LogP contribution in [0.3, 0.4) is 0 Å². The van der Waals surface area contributed by atoms with E-state index in [-0.39, 0.29) is 11.9 Å². The Hall–Kier alpha value is -1.20. The molecule has 0 bridgehead atoms. The van der Waals surface area contributed by atoms with Crippen molar-refractivity contribution in [3.8, 4) is 0 Å². The van der Waals surface area contributed by atoms with Gasteiger partial charge in [-0.1, -0.05) is 11.6 Å². The van der Waals surface area contributed by atoms with E-state index in [0.717, 1.165) is 11.4 Å². The van der Waals surface area contributed by atoms with E-state index in [9.17, 15) is 9.59 Å². The summed E-state index contributed by atoms with van der Waals surface area (Å²) in [5.41, 5.74) is 0.726. The zero-order chi connectivity index (χ0) is 14.1. The van der Waals surface area contributed by atoms with E-state index in [1.165, 1.54) is 18.9 Å². The second-order valence-corrected chi connectivity index (χ2v) is 5.33. The number of methoxy groups -OCH3 is 1. The maximum Gasteiger partial charge on any atom is 0.305 e. The Balaban J connectivity index is 2.14. The summed E-state index contributed by atoms with van der Waals surface area (Å²) >= 11 is 7.24. The van der Waals surface area contributed by atoms with Gasteiger partial charge in [-0.3, -0.25) is 9.59 Å². The summed E-state index contributed by atoms with van der Waals surface area (Å²) < 4.78 is 4.53. The first-order valence-corrected chi connectivity index (χ1v) is 7.35. The summed E-state index contributed by atoms with van der Waals surface area (Å²) in [5.74, 6) is 0.837. The predicted molar refractivity (Wildman–Crippen MR) is 78.7 cm³/mol. The molecule has 1 rings (SSSR count). The van der Waals surface area contributed by atoms with E-state index >= 15 is 0 Å². The van der Waals surface area contributed by atoms with Crippen molar-refractivity contribution < 1.29 is 14.3 Å². The number of rotatable bonds is 7. The number of hydrogen-bond donors (Lipinski definition) is 1. The van der Waals surface area contributed by atoms with E-state index in [2.05, 4.69) is 10.1 Å². The summed E-state index contributed by atoms with van der Waals surface area (Å²) in [4.78, 5) is 22.4. The molecule has 19 heavy (non-hydrogen) atoms. The van der Waals surface area contributed by atoms with Gasteiger partial charge in [0, 0.05) is 17.1 Å². The summed E-state index contributed by atoms with van der Waals surface area (Å²) in [6.07, 6.45) is 1.11. The molecule has 104 valence electrons. The molecule has 0 unspecified atom stereocenters. The van der Waals surface area contributed by atoms with E-state index in [0.29, 0.717) is 23.6 Å². The maximum atomic E-state index is 11.6. The Morgan fingerprint density at radius 3 is 2.63 bits per heavy atom. The third-order valence-electron chi connectivity index (χ3n) is 2.26. The highest BCUT2D eigenvalue weighted by molar-refractivity contribution is 7.99. The highest BCUT2D eigenvalue weighted by Crippen LogP contribution is 2.14. The van der Waals surface area contributed by atoms with Gasteiger partial charge < -0.3 is 10.1 Å². The molecule has 0 saturated heterocycles. The number of anilines is 1. The molecular weight excluding hydrogens is 286 g/mol. The van der Waals surface area contributed by atoms with Crippen molar-refractivity contribution >= 4 is 40.9 Å². The molecule has 0 fully saturated rings. The third kappa shape index (κ3) is 7.08. The number of benzene rings is 1. The van der Waals surface area contributed by atoms with Crippen LogP contribution in [-0.4, -0.2) is 30.5 Å². The molecule has 0 radical (unpaired) electrons. The summed E-state index contributed by atoms with van der Waals surface area (Å²) in [5, 5.41) is 3.40. The molecule has 1 amide bonds. The molecule has 1 aromatic carbocycles. The molecule has 0 aliphatic carbocycles. The van der Waals surface area contributed by atoms with Gasteiger partial charge in [0.05, 0.1) is 12.9 Å². The van der Waals surface area contributed by atoms with Crippen LogP contribution < -0.4 is 5.32 Å². The van der Waals surface area contributed by atoms with Gasteiger partial charge in [-0.25, -0.2) is 0 Å². The smallest absolute Gasteiger partial charge is 0.305 e. The van der Waals surface area contributed by atoms with Crippen LogP contribution in [0.4, 0.5) is 5.69 Å². The fraction of sp³-hybridized carbons (Fsp3) is 0.385. The van der Waals surface area contributed by atoms with Gasteiger partial charge in [-0.15, -0.1) is 0 Å².